The number of aromatic nitrogens is 2. The van der Waals surface area contributed by atoms with Crippen molar-refractivity contribution in [1.29, 1.82) is 0 Å². The third-order valence-corrected chi connectivity index (χ3v) is 4.12. The predicted molar refractivity (Wildman–Crippen MR) is 101 cm³/mol. The van der Waals surface area contributed by atoms with Gasteiger partial charge >= 0.3 is 0 Å². The van der Waals surface area contributed by atoms with Gasteiger partial charge in [0, 0.05) is 28.9 Å². The number of nitrogens with zero attached hydrogens (tertiary/aromatic N) is 1. The van der Waals surface area contributed by atoms with Crippen molar-refractivity contribution in [1.82, 2.24) is 15.3 Å². The summed E-state index contributed by atoms with van der Waals surface area (Å²) in [4.78, 5) is 20.3. The van der Waals surface area contributed by atoms with Crippen LogP contribution in [0.2, 0.25) is 0 Å². The zero-order valence-electron chi connectivity index (χ0n) is 14.0. The third kappa shape index (κ3) is 3.28. The minimum absolute atomic E-state index is 0.161. The van der Waals surface area contributed by atoms with Crippen LogP contribution in [0.15, 0.2) is 77.7 Å². The highest BCUT2D eigenvalue weighted by Gasteiger charge is 2.14. The Morgan fingerprint density at radius 1 is 1.12 bits per heavy atom. The Hall–Kier alpha value is -3.60. The molecule has 0 spiro atoms. The van der Waals surface area contributed by atoms with Gasteiger partial charge in [0.05, 0.1) is 12.8 Å². The van der Waals surface area contributed by atoms with Crippen molar-refractivity contribution in [2.45, 2.75) is 6.54 Å². The molecule has 0 radical (unpaired) electrons. The molecule has 3 heterocycles. The van der Waals surface area contributed by atoms with Crippen molar-refractivity contribution in [3.8, 4) is 0 Å². The number of H-pyrrole nitrogens is 1. The van der Waals surface area contributed by atoms with Crippen LogP contribution in [0.3, 0.4) is 0 Å². The molecule has 1 amide bonds. The number of pyridine rings is 1. The van der Waals surface area contributed by atoms with Crippen LogP contribution in [-0.4, -0.2) is 15.9 Å². The van der Waals surface area contributed by atoms with Gasteiger partial charge in [-0.15, -0.1) is 0 Å². The number of hydrogen-bond donors (Lipinski definition) is 2. The largest absolute Gasteiger partial charge is 0.467 e. The highest BCUT2D eigenvalue weighted by molar-refractivity contribution is 6.24. The van der Waals surface area contributed by atoms with Gasteiger partial charge in [-0.1, -0.05) is 30.3 Å². The molecule has 0 fully saturated rings. The molecule has 26 heavy (non-hydrogen) atoms. The lowest BCUT2D eigenvalue weighted by atomic mass is 10.0. The highest BCUT2D eigenvalue weighted by Crippen LogP contribution is 2.23. The second-order valence-electron chi connectivity index (χ2n) is 5.83. The van der Waals surface area contributed by atoms with E-state index in [1.807, 2.05) is 60.8 Å². The van der Waals surface area contributed by atoms with Crippen LogP contribution >= 0.6 is 0 Å². The van der Waals surface area contributed by atoms with E-state index >= 15 is 0 Å². The van der Waals surface area contributed by atoms with E-state index in [0.717, 1.165) is 22.2 Å². The Bertz CT molecular complexity index is 1050. The monoisotopic (exact) mass is 343 g/mol. The highest BCUT2D eigenvalue weighted by atomic mass is 16.3. The molecule has 0 aliphatic heterocycles. The lowest BCUT2D eigenvalue weighted by Gasteiger charge is -2.09. The molecule has 4 rings (SSSR count). The van der Waals surface area contributed by atoms with E-state index in [4.69, 9.17) is 4.42 Å². The number of aromatic amines is 1. The average molecular weight is 343 g/mol. The van der Waals surface area contributed by atoms with Crippen molar-refractivity contribution in [3.05, 3.63) is 90.1 Å². The Labute approximate surface area is 150 Å². The van der Waals surface area contributed by atoms with E-state index in [0.29, 0.717) is 17.9 Å². The van der Waals surface area contributed by atoms with Crippen LogP contribution in [0, 0.1) is 0 Å². The number of nitrogens with one attached hydrogen (secondary N) is 2. The SMILES string of the molecule is O=C(NCc1ccco1)/C(=C/c1c[nH]c2ncccc12)c1ccccc1. The predicted octanol–water partition coefficient (Wildman–Crippen LogP) is 4.01. The molecule has 0 saturated heterocycles. The first-order valence-corrected chi connectivity index (χ1v) is 8.31. The standard InChI is InChI=1S/C21H17N3O2/c25-21(24-14-17-8-5-11-26-17)19(15-6-2-1-3-7-15)12-16-13-23-20-18(16)9-4-10-22-20/h1-13H,14H2,(H,22,23)(H,24,25)/b19-12+. The van der Waals surface area contributed by atoms with E-state index in [9.17, 15) is 4.79 Å². The smallest absolute Gasteiger partial charge is 0.252 e. The maximum Gasteiger partial charge on any atom is 0.252 e. The number of amides is 1. The van der Waals surface area contributed by atoms with Gasteiger partial charge in [0.1, 0.15) is 11.4 Å². The summed E-state index contributed by atoms with van der Waals surface area (Å²) >= 11 is 0. The number of fused-ring (bicyclic) bond motifs is 1. The van der Waals surface area contributed by atoms with E-state index in [1.165, 1.54) is 0 Å². The molecule has 3 aromatic heterocycles. The summed E-state index contributed by atoms with van der Waals surface area (Å²) in [5.41, 5.74) is 3.15. The van der Waals surface area contributed by atoms with Crippen LogP contribution in [0.5, 0.6) is 0 Å². The van der Waals surface area contributed by atoms with E-state index in [1.54, 1.807) is 18.5 Å². The second-order valence-corrected chi connectivity index (χ2v) is 5.83. The first-order chi connectivity index (χ1) is 12.8. The van der Waals surface area contributed by atoms with Gasteiger partial charge < -0.3 is 14.7 Å². The Morgan fingerprint density at radius 3 is 2.81 bits per heavy atom. The molecule has 0 saturated carbocycles. The van der Waals surface area contributed by atoms with Gasteiger partial charge in [0.2, 0.25) is 0 Å². The first-order valence-electron chi connectivity index (χ1n) is 8.31. The molecule has 0 bridgehead atoms. The molecular formula is C21H17N3O2. The zero-order chi connectivity index (χ0) is 17.8. The molecular weight excluding hydrogens is 326 g/mol. The molecule has 5 nitrogen and oxygen atoms in total. The summed E-state index contributed by atoms with van der Waals surface area (Å²) in [6.45, 7) is 0.339. The van der Waals surface area contributed by atoms with Crippen molar-refractivity contribution in [2.75, 3.05) is 0 Å². The maximum atomic E-state index is 12.9. The number of hydrogen-bond acceptors (Lipinski definition) is 3. The molecule has 0 aliphatic carbocycles. The van der Waals surface area contributed by atoms with Gasteiger partial charge in [-0.05, 0) is 35.9 Å². The summed E-state index contributed by atoms with van der Waals surface area (Å²) in [6.07, 6.45) is 7.07. The number of furan rings is 1. The van der Waals surface area contributed by atoms with Crippen LogP contribution in [-0.2, 0) is 11.3 Å². The number of carbonyl (C=O) groups is 1. The minimum Gasteiger partial charge on any atom is -0.467 e. The van der Waals surface area contributed by atoms with Crippen molar-refractivity contribution < 1.29 is 9.21 Å². The molecule has 4 aromatic rings. The van der Waals surface area contributed by atoms with Gasteiger partial charge in [-0.25, -0.2) is 4.98 Å². The fourth-order valence-corrected chi connectivity index (χ4v) is 2.83. The van der Waals surface area contributed by atoms with Crippen LogP contribution in [0.4, 0.5) is 0 Å². The van der Waals surface area contributed by atoms with Gasteiger partial charge in [-0.3, -0.25) is 4.79 Å². The summed E-state index contributed by atoms with van der Waals surface area (Å²) in [5.74, 6) is 0.549. The summed E-state index contributed by atoms with van der Waals surface area (Å²) in [5, 5.41) is 3.89. The van der Waals surface area contributed by atoms with Crippen LogP contribution in [0.25, 0.3) is 22.7 Å². The zero-order valence-corrected chi connectivity index (χ0v) is 14.0. The van der Waals surface area contributed by atoms with Crippen LogP contribution in [0.1, 0.15) is 16.9 Å². The molecule has 0 atom stereocenters. The molecule has 0 unspecified atom stereocenters. The fraction of sp³-hybridized carbons (Fsp3) is 0.0476. The Kier molecular flexibility index (Phi) is 4.35. The molecule has 0 aliphatic rings. The summed E-state index contributed by atoms with van der Waals surface area (Å²) in [7, 11) is 0. The second kappa shape index (κ2) is 7.11. The minimum atomic E-state index is -0.161. The van der Waals surface area contributed by atoms with Crippen molar-refractivity contribution >= 4 is 28.6 Å². The van der Waals surface area contributed by atoms with Crippen molar-refractivity contribution in [3.63, 3.8) is 0 Å². The topological polar surface area (TPSA) is 70.9 Å². The Morgan fingerprint density at radius 2 is 2.00 bits per heavy atom. The normalized spacial score (nSPS) is 11.6. The third-order valence-electron chi connectivity index (χ3n) is 4.12. The fourth-order valence-electron chi connectivity index (χ4n) is 2.83. The number of carbonyl (C=O) groups excluding carboxylic acids is 1. The number of benzene rings is 1. The van der Waals surface area contributed by atoms with E-state index in [2.05, 4.69) is 15.3 Å². The van der Waals surface area contributed by atoms with Gasteiger partial charge in [0.25, 0.3) is 5.91 Å². The Balaban J connectivity index is 1.70. The van der Waals surface area contributed by atoms with Gasteiger partial charge in [-0.2, -0.15) is 0 Å². The number of rotatable bonds is 5. The quantitative estimate of drug-likeness (QED) is 0.538. The first kappa shape index (κ1) is 15.9. The summed E-state index contributed by atoms with van der Waals surface area (Å²) < 4.78 is 5.29. The lowest BCUT2D eigenvalue weighted by Crippen LogP contribution is -2.23. The maximum absolute atomic E-state index is 12.9. The van der Waals surface area contributed by atoms with E-state index < -0.39 is 0 Å². The molecule has 5 heteroatoms. The van der Waals surface area contributed by atoms with E-state index in [-0.39, 0.29) is 5.91 Å². The average Bonchev–Trinajstić information content (AvgIpc) is 3.35. The molecule has 1 aromatic carbocycles. The summed E-state index contributed by atoms with van der Waals surface area (Å²) in [6, 6.07) is 17.1. The van der Waals surface area contributed by atoms with Crippen molar-refractivity contribution in [2.24, 2.45) is 0 Å². The lowest BCUT2D eigenvalue weighted by molar-refractivity contribution is -0.115. The van der Waals surface area contributed by atoms with Gasteiger partial charge in [0.15, 0.2) is 0 Å². The molecule has 2 N–H and O–H groups in total. The molecule has 128 valence electrons. The van der Waals surface area contributed by atoms with Crippen LogP contribution < -0.4 is 5.32 Å².